The topological polar surface area (TPSA) is 26.7 Å². The summed E-state index contributed by atoms with van der Waals surface area (Å²) in [5.41, 5.74) is 1.30. The highest BCUT2D eigenvalue weighted by Gasteiger charge is 2.20. The van der Waals surface area contributed by atoms with Gasteiger partial charge in [-0.05, 0) is 64.0 Å². The number of halogens is 1. The number of hydrogen-bond acceptors (Lipinski definition) is 3. The van der Waals surface area contributed by atoms with Crippen molar-refractivity contribution in [2.24, 2.45) is 0 Å². The molecule has 0 radical (unpaired) electrons. The van der Waals surface area contributed by atoms with Gasteiger partial charge in [-0.2, -0.15) is 0 Å². The molecular weight excluding hydrogens is 267 g/mol. The zero-order valence-electron chi connectivity index (χ0n) is 13.3. The predicted molar refractivity (Wildman–Crippen MR) is 83.9 cm³/mol. The molecule has 1 aromatic rings. The van der Waals surface area contributed by atoms with Crippen molar-refractivity contribution in [1.82, 2.24) is 9.80 Å². The molecule has 0 aromatic heterocycles. The third kappa shape index (κ3) is 4.50. The Morgan fingerprint density at radius 1 is 1.38 bits per heavy atom. The summed E-state index contributed by atoms with van der Waals surface area (Å²) in [5, 5.41) is 10.3. The Bertz CT molecular complexity index is 466. The normalized spacial score (nSPS) is 23.0. The van der Waals surface area contributed by atoms with E-state index in [1.54, 1.807) is 13.0 Å². The maximum absolute atomic E-state index is 13.6. The standard InChI is InChI=1S/C17H27FN2O/c1-13-5-6-15(11-16(13)18)17(21)7-10-20-9-4-8-19(3)12-14(20)2/h5-6,11,14,17,21H,4,7-10,12H2,1-3H3. The van der Waals surface area contributed by atoms with Gasteiger partial charge in [0.15, 0.2) is 0 Å². The highest BCUT2D eigenvalue weighted by molar-refractivity contribution is 5.24. The lowest BCUT2D eigenvalue weighted by Crippen LogP contribution is -2.38. The maximum atomic E-state index is 13.6. The van der Waals surface area contributed by atoms with Crippen LogP contribution in [0.3, 0.4) is 0 Å². The summed E-state index contributed by atoms with van der Waals surface area (Å²) in [4.78, 5) is 4.79. The Balaban J connectivity index is 1.90. The number of hydrogen-bond donors (Lipinski definition) is 1. The van der Waals surface area contributed by atoms with Gasteiger partial charge in [-0.25, -0.2) is 4.39 Å². The fourth-order valence-corrected chi connectivity index (χ4v) is 3.03. The van der Waals surface area contributed by atoms with E-state index in [-0.39, 0.29) is 5.82 Å². The molecule has 0 bridgehead atoms. The van der Waals surface area contributed by atoms with Gasteiger partial charge in [0, 0.05) is 19.1 Å². The van der Waals surface area contributed by atoms with Crippen molar-refractivity contribution in [3.05, 3.63) is 35.1 Å². The Kier molecular flexibility index (Phi) is 5.73. The van der Waals surface area contributed by atoms with Gasteiger partial charge in [0.1, 0.15) is 5.82 Å². The van der Waals surface area contributed by atoms with Crippen molar-refractivity contribution < 1.29 is 9.50 Å². The molecule has 1 aliphatic heterocycles. The Morgan fingerprint density at radius 3 is 2.86 bits per heavy atom. The van der Waals surface area contributed by atoms with Gasteiger partial charge in [-0.15, -0.1) is 0 Å². The minimum absolute atomic E-state index is 0.240. The van der Waals surface area contributed by atoms with Gasteiger partial charge in [-0.3, -0.25) is 4.90 Å². The Hall–Kier alpha value is -0.970. The van der Waals surface area contributed by atoms with Crippen LogP contribution in [0, 0.1) is 12.7 Å². The average molecular weight is 294 g/mol. The third-order valence-corrected chi connectivity index (χ3v) is 4.45. The molecule has 1 saturated heterocycles. The second-order valence-electron chi connectivity index (χ2n) is 6.31. The van der Waals surface area contributed by atoms with Crippen molar-refractivity contribution >= 4 is 0 Å². The molecule has 4 heteroatoms. The molecule has 1 aliphatic rings. The number of rotatable bonds is 4. The number of benzene rings is 1. The first-order valence-corrected chi connectivity index (χ1v) is 7.84. The predicted octanol–water partition coefficient (Wildman–Crippen LogP) is 2.58. The Morgan fingerprint density at radius 2 is 2.14 bits per heavy atom. The summed E-state index contributed by atoms with van der Waals surface area (Å²) < 4.78 is 13.6. The molecule has 0 spiro atoms. The van der Waals surface area contributed by atoms with Crippen LogP contribution in [0.15, 0.2) is 18.2 Å². The molecule has 1 heterocycles. The monoisotopic (exact) mass is 294 g/mol. The molecule has 3 nitrogen and oxygen atoms in total. The zero-order valence-corrected chi connectivity index (χ0v) is 13.3. The lowest BCUT2D eigenvalue weighted by atomic mass is 10.0. The van der Waals surface area contributed by atoms with Crippen molar-refractivity contribution in [2.75, 3.05) is 33.2 Å². The van der Waals surface area contributed by atoms with Crippen molar-refractivity contribution in [3.8, 4) is 0 Å². The first-order valence-electron chi connectivity index (χ1n) is 7.84. The summed E-state index contributed by atoms with van der Waals surface area (Å²) in [6, 6.07) is 5.51. The SMILES string of the molecule is Cc1ccc(C(O)CCN2CCCN(C)CC2C)cc1F. The van der Waals surface area contributed by atoms with Crippen LogP contribution in [-0.4, -0.2) is 54.2 Å². The van der Waals surface area contributed by atoms with Gasteiger partial charge in [0.2, 0.25) is 0 Å². The molecule has 2 rings (SSSR count). The van der Waals surface area contributed by atoms with Crippen molar-refractivity contribution in [1.29, 1.82) is 0 Å². The lowest BCUT2D eigenvalue weighted by Gasteiger charge is -2.28. The second-order valence-corrected chi connectivity index (χ2v) is 6.31. The number of aliphatic hydroxyl groups excluding tert-OH is 1. The van der Waals surface area contributed by atoms with E-state index in [1.165, 1.54) is 6.07 Å². The second kappa shape index (κ2) is 7.34. The van der Waals surface area contributed by atoms with E-state index in [0.717, 1.165) is 32.6 Å². The van der Waals surface area contributed by atoms with Crippen LogP contribution in [0.2, 0.25) is 0 Å². The van der Waals surface area contributed by atoms with E-state index in [1.807, 2.05) is 6.07 Å². The highest BCUT2D eigenvalue weighted by atomic mass is 19.1. The quantitative estimate of drug-likeness (QED) is 0.924. The maximum Gasteiger partial charge on any atom is 0.126 e. The molecule has 118 valence electrons. The molecule has 0 amide bonds. The van der Waals surface area contributed by atoms with Crippen LogP contribution < -0.4 is 0 Å². The molecule has 2 atom stereocenters. The van der Waals surface area contributed by atoms with E-state index in [4.69, 9.17) is 0 Å². The molecular formula is C17H27FN2O. The number of aryl methyl sites for hydroxylation is 1. The molecule has 0 saturated carbocycles. The third-order valence-electron chi connectivity index (χ3n) is 4.45. The largest absolute Gasteiger partial charge is 0.388 e. The van der Waals surface area contributed by atoms with Crippen LogP contribution in [0.1, 0.15) is 37.0 Å². The van der Waals surface area contributed by atoms with Gasteiger partial charge in [0.25, 0.3) is 0 Å². The van der Waals surface area contributed by atoms with Crippen LogP contribution in [0.25, 0.3) is 0 Å². The van der Waals surface area contributed by atoms with Gasteiger partial charge >= 0.3 is 0 Å². The zero-order chi connectivity index (χ0) is 15.4. The smallest absolute Gasteiger partial charge is 0.126 e. The van der Waals surface area contributed by atoms with Gasteiger partial charge in [-0.1, -0.05) is 12.1 Å². The fraction of sp³-hybridized carbons (Fsp3) is 0.647. The molecule has 1 N–H and O–H groups in total. The van der Waals surface area contributed by atoms with E-state index in [9.17, 15) is 9.50 Å². The summed E-state index contributed by atoms with van der Waals surface area (Å²) in [6.45, 7) is 8.09. The number of aliphatic hydroxyl groups is 1. The van der Waals surface area contributed by atoms with E-state index in [0.29, 0.717) is 23.6 Å². The van der Waals surface area contributed by atoms with Crippen molar-refractivity contribution in [3.63, 3.8) is 0 Å². The van der Waals surface area contributed by atoms with Crippen LogP contribution in [-0.2, 0) is 0 Å². The number of likely N-dealkylation sites (N-methyl/N-ethyl adjacent to an activating group) is 1. The molecule has 1 aromatic carbocycles. The minimum Gasteiger partial charge on any atom is -0.388 e. The number of nitrogens with zero attached hydrogens (tertiary/aromatic N) is 2. The van der Waals surface area contributed by atoms with Crippen LogP contribution >= 0.6 is 0 Å². The van der Waals surface area contributed by atoms with E-state index >= 15 is 0 Å². The van der Waals surface area contributed by atoms with Crippen molar-refractivity contribution in [2.45, 2.75) is 38.8 Å². The minimum atomic E-state index is -0.590. The molecule has 1 fully saturated rings. The average Bonchev–Trinajstić information content (AvgIpc) is 2.60. The lowest BCUT2D eigenvalue weighted by molar-refractivity contribution is 0.126. The summed E-state index contributed by atoms with van der Waals surface area (Å²) in [6.07, 6.45) is 1.22. The molecule has 2 unspecified atom stereocenters. The van der Waals surface area contributed by atoms with E-state index in [2.05, 4.69) is 23.8 Å². The summed E-state index contributed by atoms with van der Waals surface area (Å²) in [5.74, 6) is -0.240. The first-order chi connectivity index (χ1) is 9.97. The Labute approximate surface area is 127 Å². The van der Waals surface area contributed by atoms with Crippen LogP contribution in [0.4, 0.5) is 4.39 Å². The molecule has 21 heavy (non-hydrogen) atoms. The first kappa shape index (κ1) is 16.4. The summed E-state index contributed by atoms with van der Waals surface area (Å²) in [7, 11) is 2.16. The van der Waals surface area contributed by atoms with Gasteiger partial charge in [0.05, 0.1) is 6.10 Å². The fourth-order valence-electron chi connectivity index (χ4n) is 3.03. The molecule has 0 aliphatic carbocycles. The van der Waals surface area contributed by atoms with Crippen LogP contribution in [0.5, 0.6) is 0 Å². The summed E-state index contributed by atoms with van der Waals surface area (Å²) >= 11 is 0. The van der Waals surface area contributed by atoms with Gasteiger partial charge < -0.3 is 10.0 Å². The van der Waals surface area contributed by atoms with E-state index < -0.39 is 6.10 Å². The highest BCUT2D eigenvalue weighted by Crippen LogP contribution is 2.20.